The van der Waals surface area contributed by atoms with Crippen molar-refractivity contribution in [2.45, 2.75) is 25.6 Å². The predicted octanol–water partition coefficient (Wildman–Crippen LogP) is 5.86. The molecule has 3 aromatic rings. The molecule has 3 aromatic carbocycles. The third kappa shape index (κ3) is 6.99. The van der Waals surface area contributed by atoms with Crippen LogP contribution in [-0.2, 0) is 22.7 Å². The molecule has 0 aliphatic heterocycles. The second-order valence-corrected chi connectivity index (χ2v) is 10.5. The molecule has 1 amide bonds. The highest BCUT2D eigenvalue weighted by Crippen LogP contribution is 2.36. The number of carbonyl (C=O) groups is 1. The van der Waals surface area contributed by atoms with Crippen molar-refractivity contribution >= 4 is 33.2 Å². The summed E-state index contributed by atoms with van der Waals surface area (Å²) < 4.78 is 65.1. The van der Waals surface area contributed by atoms with Crippen molar-refractivity contribution in [3.05, 3.63) is 100 Å². The molecule has 0 spiro atoms. The fourth-order valence-electron chi connectivity index (χ4n) is 3.44. The number of amides is 1. The van der Waals surface area contributed by atoms with Crippen LogP contribution in [-0.4, -0.2) is 27.1 Å². The van der Waals surface area contributed by atoms with Crippen molar-refractivity contribution in [1.29, 1.82) is 0 Å². The van der Waals surface area contributed by atoms with Crippen molar-refractivity contribution in [3.63, 3.8) is 0 Å². The van der Waals surface area contributed by atoms with Crippen LogP contribution in [0.5, 0.6) is 0 Å². The average molecular weight is 525 g/mol. The van der Waals surface area contributed by atoms with Gasteiger partial charge in [-0.2, -0.15) is 13.2 Å². The third-order valence-electron chi connectivity index (χ3n) is 5.42. The standard InChI is InChI=1S/C25H24ClF3N2O3S/c1-17(19-6-4-3-5-7-19)15-30-24(32)20-10-8-18(9-11-20)16-31(35(2,33)34)23-14-21(25(27,28)29)12-13-22(23)26/h3-14,17H,15-16H2,1-2H3,(H,30,32)/t17-/m0/s1. The Labute approximate surface area is 207 Å². The lowest BCUT2D eigenvalue weighted by Gasteiger charge is -2.24. The minimum Gasteiger partial charge on any atom is -0.351 e. The Kier molecular flexibility index (Phi) is 8.12. The van der Waals surface area contributed by atoms with E-state index in [1.807, 2.05) is 37.3 Å². The fourth-order valence-corrected chi connectivity index (χ4v) is 4.60. The van der Waals surface area contributed by atoms with Crippen molar-refractivity contribution in [2.24, 2.45) is 0 Å². The highest BCUT2D eigenvalue weighted by Gasteiger charge is 2.32. The monoisotopic (exact) mass is 524 g/mol. The lowest BCUT2D eigenvalue weighted by Crippen LogP contribution is -2.30. The summed E-state index contributed by atoms with van der Waals surface area (Å²) in [6.07, 6.45) is -3.77. The maximum absolute atomic E-state index is 13.2. The molecule has 0 radical (unpaired) electrons. The van der Waals surface area contributed by atoms with E-state index in [0.717, 1.165) is 28.3 Å². The summed E-state index contributed by atoms with van der Waals surface area (Å²) in [4.78, 5) is 12.5. The number of rotatable bonds is 8. The molecule has 0 aliphatic rings. The SMILES string of the molecule is C[C@@H](CNC(=O)c1ccc(CN(c2cc(C(F)(F)F)ccc2Cl)S(C)(=O)=O)cc1)c1ccccc1. The quantitative estimate of drug-likeness (QED) is 0.401. The van der Waals surface area contributed by atoms with Gasteiger partial charge in [0.25, 0.3) is 5.91 Å². The van der Waals surface area contributed by atoms with Crippen LogP contribution in [0.2, 0.25) is 5.02 Å². The van der Waals surface area contributed by atoms with Crippen LogP contribution in [0.1, 0.15) is 39.9 Å². The molecule has 0 heterocycles. The number of alkyl halides is 3. The molecule has 1 N–H and O–H groups in total. The number of benzene rings is 3. The maximum Gasteiger partial charge on any atom is 0.416 e. The Balaban J connectivity index is 1.75. The third-order valence-corrected chi connectivity index (χ3v) is 6.87. The van der Waals surface area contributed by atoms with Gasteiger partial charge in [-0.15, -0.1) is 0 Å². The van der Waals surface area contributed by atoms with Gasteiger partial charge < -0.3 is 5.32 Å². The van der Waals surface area contributed by atoms with E-state index in [2.05, 4.69) is 5.32 Å². The van der Waals surface area contributed by atoms with Crippen molar-refractivity contribution < 1.29 is 26.4 Å². The van der Waals surface area contributed by atoms with E-state index < -0.39 is 21.8 Å². The van der Waals surface area contributed by atoms with Gasteiger partial charge in [-0.3, -0.25) is 9.10 Å². The largest absolute Gasteiger partial charge is 0.416 e. The Morgan fingerprint density at radius 1 is 1.03 bits per heavy atom. The second-order valence-electron chi connectivity index (χ2n) is 8.15. The average Bonchev–Trinajstić information content (AvgIpc) is 2.81. The zero-order valence-electron chi connectivity index (χ0n) is 19.0. The number of sulfonamides is 1. The van der Waals surface area contributed by atoms with Gasteiger partial charge in [0.2, 0.25) is 10.0 Å². The summed E-state index contributed by atoms with van der Waals surface area (Å²) in [5.41, 5.74) is 0.649. The Morgan fingerprint density at radius 2 is 1.66 bits per heavy atom. The molecule has 0 aliphatic carbocycles. The Morgan fingerprint density at radius 3 is 2.23 bits per heavy atom. The summed E-state index contributed by atoms with van der Waals surface area (Å²) >= 11 is 6.06. The van der Waals surface area contributed by atoms with Crippen LogP contribution in [0, 0.1) is 0 Å². The molecule has 1 atom stereocenters. The second kappa shape index (κ2) is 10.7. The molecular formula is C25H24ClF3N2O3S. The van der Waals surface area contributed by atoms with Gasteiger partial charge in [-0.05, 0) is 47.4 Å². The van der Waals surface area contributed by atoms with E-state index in [4.69, 9.17) is 11.6 Å². The number of nitrogens with one attached hydrogen (secondary N) is 1. The van der Waals surface area contributed by atoms with Crippen LogP contribution in [0.25, 0.3) is 0 Å². The first-order chi connectivity index (χ1) is 16.4. The van der Waals surface area contributed by atoms with E-state index in [0.29, 0.717) is 23.7 Å². The van der Waals surface area contributed by atoms with Gasteiger partial charge in [-0.1, -0.05) is 61.0 Å². The molecule has 3 rings (SSSR count). The van der Waals surface area contributed by atoms with Crippen LogP contribution in [0.15, 0.2) is 72.8 Å². The number of anilines is 1. The molecule has 0 saturated carbocycles. The summed E-state index contributed by atoms with van der Waals surface area (Å²) in [7, 11) is -3.97. The van der Waals surface area contributed by atoms with Gasteiger partial charge in [0.15, 0.2) is 0 Å². The number of nitrogens with zero attached hydrogens (tertiary/aromatic N) is 1. The first-order valence-electron chi connectivity index (χ1n) is 10.6. The minimum atomic E-state index is -4.66. The fraction of sp³-hybridized carbons (Fsp3) is 0.240. The van der Waals surface area contributed by atoms with Crippen molar-refractivity contribution in [3.8, 4) is 0 Å². The van der Waals surface area contributed by atoms with Crippen LogP contribution in [0.3, 0.4) is 0 Å². The molecule has 0 bridgehead atoms. The summed E-state index contributed by atoms with van der Waals surface area (Å²) in [6.45, 7) is 2.17. The zero-order valence-corrected chi connectivity index (χ0v) is 20.6. The normalized spacial score (nSPS) is 12.7. The number of halogens is 4. The van der Waals surface area contributed by atoms with Crippen molar-refractivity contribution in [1.82, 2.24) is 5.32 Å². The van der Waals surface area contributed by atoms with Gasteiger partial charge in [-0.25, -0.2) is 8.42 Å². The van der Waals surface area contributed by atoms with Gasteiger partial charge in [0.1, 0.15) is 0 Å². The first-order valence-corrected chi connectivity index (χ1v) is 12.9. The van der Waals surface area contributed by atoms with E-state index in [1.165, 1.54) is 12.1 Å². The van der Waals surface area contributed by atoms with Gasteiger partial charge >= 0.3 is 6.18 Å². The van der Waals surface area contributed by atoms with Gasteiger partial charge in [0.05, 0.1) is 29.1 Å². The molecule has 186 valence electrons. The number of carbonyl (C=O) groups excluding carboxylic acids is 1. The van der Waals surface area contributed by atoms with Crippen molar-refractivity contribution in [2.75, 3.05) is 17.1 Å². The molecule has 0 unspecified atom stereocenters. The van der Waals surface area contributed by atoms with E-state index in [-0.39, 0.29) is 29.1 Å². The molecule has 10 heteroatoms. The molecule has 5 nitrogen and oxygen atoms in total. The molecule has 0 aromatic heterocycles. The first kappa shape index (κ1) is 26.6. The minimum absolute atomic E-state index is 0.111. The number of hydrogen-bond acceptors (Lipinski definition) is 3. The molecular weight excluding hydrogens is 501 g/mol. The lowest BCUT2D eigenvalue weighted by molar-refractivity contribution is -0.137. The Hall–Kier alpha value is -3.04. The van der Waals surface area contributed by atoms with Crippen LogP contribution >= 0.6 is 11.6 Å². The lowest BCUT2D eigenvalue weighted by atomic mass is 10.0. The zero-order chi connectivity index (χ0) is 25.8. The van der Waals surface area contributed by atoms with Crippen LogP contribution in [0.4, 0.5) is 18.9 Å². The number of hydrogen-bond donors (Lipinski definition) is 1. The maximum atomic E-state index is 13.2. The van der Waals surface area contributed by atoms with E-state index >= 15 is 0 Å². The predicted molar refractivity (Wildman–Crippen MR) is 131 cm³/mol. The molecule has 0 saturated heterocycles. The summed E-state index contributed by atoms with van der Waals surface area (Å²) in [5, 5.41) is 2.73. The molecule has 0 fully saturated rings. The highest BCUT2D eigenvalue weighted by molar-refractivity contribution is 7.92. The summed E-state index contributed by atoms with van der Waals surface area (Å²) in [5.74, 6) is -0.180. The smallest absolute Gasteiger partial charge is 0.351 e. The highest BCUT2D eigenvalue weighted by atomic mass is 35.5. The van der Waals surface area contributed by atoms with Crippen LogP contribution < -0.4 is 9.62 Å². The van der Waals surface area contributed by atoms with E-state index in [9.17, 15) is 26.4 Å². The Bertz CT molecular complexity index is 1280. The topological polar surface area (TPSA) is 66.5 Å². The van der Waals surface area contributed by atoms with E-state index in [1.54, 1.807) is 12.1 Å². The summed E-state index contributed by atoms with van der Waals surface area (Å²) in [6, 6.07) is 18.4. The molecule has 35 heavy (non-hydrogen) atoms. The van der Waals surface area contributed by atoms with Gasteiger partial charge in [0, 0.05) is 12.1 Å².